The zero-order valence-corrected chi connectivity index (χ0v) is 10.4. The number of nitriles is 1. The van der Waals surface area contributed by atoms with Crippen LogP contribution in [-0.2, 0) is 9.59 Å². The van der Waals surface area contributed by atoms with Gasteiger partial charge in [0, 0.05) is 12.0 Å². The molecular weight excluding hydrogens is 234 g/mol. The molecule has 0 spiro atoms. The van der Waals surface area contributed by atoms with Crippen LogP contribution in [0, 0.1) is 16.7 Å². The van der Waals surface area contributed by atoms with Gasteiger partial charge in [0.15, 0.2) is 0 Å². The van der Waals surface area contributed by atoms with Crippen LogP contribution in [0.1, 0.15) is 32.1 Å². The smallest absolute Gasteiger partial charge is 0.310 e. The highest BCUT2D eigenvalue weighted by Gasteiger charge is 2.32. The van der Waals surface area contributed by atoms with Crippen molar-refractivity contribution < 1.29 is 14.7 Å². The van der Waals surface area contributed by atoms with Crippen LogP contribution in [0.4, 0.5) is 0 Å². The molecule has 2 amide bonds. The van der Waals surface area contributed by atoms with Gasteiger partial charge in [-0.1, -0.05) is 19.3 Å². The summed E-state index contributed by atoms with van der Waals surface area (Å²) in [5.41, 5.74) is -0.288. The van der Waals surface area contributed by atoms with Gasteiger partial charge in [0.25, 0.3) is 0 Å². The molecule has 3 N–H and O–H groups in total. The highest BCUT2D eigenvalue weighted by atomic mass is 16.3. The second kappa shape index (κ2) is 6.97. The maximum atomic E-state index is 11.4. The van der Waals surface area contributed by atoms with Crippen molar-refractivity contribution in [2.24, 2.45) is 5.41 Å². The first-order valence-electron chi connectivity index (χ1n) is 6.17. The number of carbonyl (C=O) groups excluding carboxylic acids is 2. The highest BCUT2D eigenvalue weighted by molar-refractivity contribution is 6.35. The third-order valence-corrected chi connectivity index (χ3v) is 3.41. The monoisotopic (exact) mass is 253 g/mol. The molecule has 0 radical (unpaired) electrons. The zero-order valence-electron chi connectivity index (χ0n) is 10.4. The van der Waals surface area contributed by atoms with Crippen molar-refractivity contribution in [3.63, 3.8) is 0 Å². The quantitative estimate of drug-likeness (QED) is 0.472. The molecule has 1 aliphatic carbocycles. The summed E-state index contributed by atoms with van der Waals surface area (Å²) in [7, 11) is 0. The molecule has 0 aromatic rings. The van der Waals surface area contributed by atoms with Gasteiger partial charge in [-0.25, -0.2) is 0 Å². The molecule has 1 fully saturated rings. The van der Waals surface area contributed by atoms with E-state index in [1.54, 1.807) is 6.07 Å². The Morgan fingerprint density at radius 3 is 2.33 bits per heavy atom. The van der Waals surface area contributed by atoms with E-state index in [2.05, 4.69) is 10.6 Å². The van der Waals surface area contributed by atoms with Crippen LogP contribution in [-0.4, -0.2) is 36.6 Å². The van der Waals surface area contributed by atoms with Crippen molar-refractivity contribution in [1.29, 1.82) is 5.26 Å². The van der Waals surface area contributed by atoms with Crippen molar-refractivity contribution in [2.75, 3.05) is 19.7 Å². The first kappa shape index (κ1) is 14.5. The number of hydrogen-bond donors (Lipinski definition) is 3. The van der Waals surface area contributed by atoms with Crippen LogP contribution < -0.4 is 10.6 Å². The van der Waals surface area contributed by atoms with Crippen molar-refractivity contribution in [3.8, 4) is 6.07 Å². The number of amides is 2. The second-order valence-electron chi connectivity index (χ2n) is 4.74. The van der Waals surface area contributed by atoms with E-state index < -0.39 is 11.8 Å². The lowest BCUT2D eigenvalue weighted by Crippen LogP contribution is -2.46. The maximum Gasteiger partial charge on any atom is 0.310 e. The Bertz CT molecular complexity index is 343. The fourth-order valence-electron chi connectivity index (χ4n) is 2.24. The fraction of sp³-hybridized carbons (Fsp3) is 0.750. The molecule has 100 valence electrons. The van der Waals surface area contributed by atoms with E-state index in [0.717, 1.165) is 32.1 Å². The first-order valence-corrected chi connectivity index (χ1v) is 6.17. The van der Waals surface area contributed by atoms with Gasteiger partial charge < -0.3 is 15.7 Å². The zero-order chi connectivity index (χ0) is 13.4. The molecule has 0 aromatic carbocycles. The normalized spacial score (nSPS) is 17.6. The Balaban J connectivity index is 2.40. The summed E-state index contributed by atoms with van der Waals surface area (Å²) in [4.78, 5) is 22.7. The van der Waals surface area contributed by atoms with Gasteiger partial charge in [-0.05, 0) is 12.8 Å². The molecule has 1 aliphatic rings. The number of carbonyl (C=O) groups is 2. The Morgan fingerprint density at radius 1 is 1.17 bits per heavy atom. The minimum Gasteiger partial charge on any atom is -0.396 e. The predicted octanol–water partition coefficient (Wildman–Crippen LogP) is -0.315. The number of nitrogens with one attached hydrogen (secondary N) is 2. The van der Waals surface area contributed by atoms with Crippen LogP contribution in [0.15, 0.2) is 0 Å². The fourth-order valence-corrected chi connectivity index (χ4v) is 2.24. The third kappa shape index (κ3) is 4.00. The number of rotatable bonds is 4. The van der Waals surface area contributed by atoms with Crippen LogP contribution in [0.5, 0.6) is 0 Å². The van der Waals surface area contributed by atoms with Crippen LogP contribution >= 0.6 is 0 Å². The van der Waals surface area contributed by atoms with Crippen LogP contribution in [0.25, 0.3) is 0 Å². The van der Waals surface area contributed by atoms with Crippen LogP contribution in [0.2, 0.25) is 0 Å². The van der Waals surface area contributed by atoms with Gasteiger partial charge in [-0.2, -0.15) is 5.26 Å². The standard InChI is InChI=1S/C12H19N3O3/c13-6-7-14-10(17)11(18)15-8-12(9-16)4-2-1-3-5-12/h16H,1-5,7-9H2,(H,14,17)(H,15,18). The minimum atomic E-state index is -0.805. The molecule has 0 bridgehead atoms. The third-order valence-electron chi connectivity index (χ3n) is 3.41. The van der Waals surface area contributed by atoms with E-state index in [9.17, 15) is 14.7 Å². The Hall–Kier alpha value is -1.61. The topological polar surface area (TPSA) is 102 Å². The lowest BCUT2D eigenvalue weighted by molar-refractivity contribution is -0.139. The molecule has 0 atom stereocenters. The molecule has 1 rings (SSSR count). The lowest BCUT2D eigenvalue weighted by Gasteiger charge is -2.35. The number of hydrogen-bond acceptors (Lipinski definition) is 4. The summed E-state index contributed by atoms with van der Waals surface area (Å²) in [6.45, 7) is 0.146. The SMILES string of the molecule is N#CCNC(=O)C(=O)NCC1(CO)CCCCC1. The Labute approximate surface area is 106 Å². The molecule has 6 nitrogen and oxygen atoms in total. The summed E-state index contributed by atoms with van der Waals surface area (Å²) in [6.07, 6.45) is 4.96. The largest absolute Gasteiger partial charge is 0.396 e. The molecule has 0 aliphatic heterocycles. The van der Waals surface area contributed by atoms with Crippen LogP contribution in [0.3, 0.4) is 0 Å². The highest BCUT2D eigenvalue weighted by Crippen LogP contribution is 2.35. The molecule has 0 unspecified atom stereocenters. The summed E-state index contributed by atoms with van der Waals surface area (Å²) in [5, 5.41) is 22.4. The summed E-state index contributed by atoms with van der Waals surface area (Å²) in [5.74, 6) is -1.55. The summed E-state index contributed by atoms with van der Waals surface area (Å²) in [6, 6.07) is 1.73. The number of nitrogens with zero attached hydrogens (tertiary/aromatic N) is 1. The van der Waals surface area contributed by atoms with Gasteiger partial charge in [0.2, 0.25) is 0 Å². The Morgan fingerprint density at radius 2 is 1.78 bits per heavy atom. The molecule has 0 aromatic heterocycles. The number of aliphatic hydroxyl groups excluding tert-OH is 1. The average Bonchev–Trinajstić information content (AvgIpc) is 2.43. The van der Waals surface area contributed by atoms with E-state index >= 15 is 0 Å². The maximum absolute atomic E-state index is 11.4. The Kier molecular flexibility index (Phi) is 5.59. The van der Waals surface area contributed by atoms with E-state index in [1.165, 1.54) is 0 Å². The second-order valence-corrected chi connectivity index (χ2v) is 4.74. The average molecular weight is 253 g/mol. The molecular formula is C12H19N3O3. The van der Waals surface area contributed by atoms with E-state index in [0.29, 0.717) is 6.54 Å². The summed E-state index contributed by atoms with van der Waals surface area (Å²) < 4.78 is 0. The first-order chi connectivity index (χ1) is 8.63. The van der Waals surface area contributed by atoms with Crippen molar-refractivity contribution in [2.45, 2.75) is 32.1 Å². The minimum absolute atomic E-state index is 0.0209. The van der Waals surface area contributed by atoms with Crippen molar-refractivity contribution >= 4 is 11.8 Å². The number of aliphatic hydroxyl groups is 1. The molecule has 1 saturated carbocycles. The molecule has 6 heteroatoms. The van der Waals surface area contributed by atoms with E-state index in [-0.39, 0.29) is 18.6 Å². The van der Waals surface area contributed by atoms with Gasteiger partial charge >= 0.3 is 11.8 Å². The molecule has 0 heterocycles. The van der Waals surface area contributed by atoms with Crippen molar-refractivity contribution in [3.05, 3.63) is 0 Å². The molecule has 18 heavy (non-hydrogen) atoms. The molecule has 0 saturated heterocycles. The van der Waals surface area contributed by atoms with Gasteiger partial charge in [0.1, 0.15) is 6.54 Å². The van der Waals surface area contributed by atoms with Gasteiger partial charge in [-0.3, -0.25) is 9.59 Å². The predicted molar refractivity (Wildman–Crippen MR) is 64.2 cm³/mol. The van der Waals surface area contributed by atoms with E-state index in [1.807, 2.05) is 0 Å². The van der Waals surface area contributed by atoms with Gasteiger partial charge in [-0.15, -0.1) is 0 Å². The van der Waals surface area contributed by atoms with E-state index in [4.69, 9.17) is 5.26 Å². The van der Waals surface area contributed by atoms with Crippen molar-refractivity contribution in [1.82, 2.24) is 10.6 Å². The lowest BCUT2D eigenvalue weighted by atomic mass is 9.74. The summed E-state index contributed by atoms with van der Waals surface area (Å²) >= 11 is 0. The van der Waals surface area contributed by atoms with Gasteiger partial charge in [0.05, 0.1) is 12.7 Å².